The van der Waals surface area contributed by atoms with Gasteiger partial charge in [0.15, 0.2) is 0 Å². The Morgan fingerprint density at radius 1 is 1.54 bits per heavy atom. The van der Waals surface area contributed by atoms with Crippen LogP contribution in [0.5, 0.6) is 0 Å². The van der Waals surface area contributed by atoms with Crippen LogP contribution in [0.3, 0.4) is 0 Å². The maximum atomic E-state index is 10.7. The summed E-state index contributed by atoms with van der Waals surface area (Å²) in [5.41, 5.74) is -0.114. The monoisotopic (exact) mass is 184 g/mol. The average molecular weight is 184 g/mol. The number of hydrogen-bond donors (Lipinski definition) is 0. The highest BCUT2D eigenvalue weighted by Gasteiger charge is 2.43. The van der Waals surface area contributed by atoms with Crippen LogP contribution in [0.1, 0.15) is 25.7 Å². The highest BCUT2D eigenvalue weighted by Crippen LogP contribution is 2.43. The number of ether oxygens (including phenoxy) is 2. The first-order valence-electron chi connectivity index (χ1n) is 5.00. The fourth-order valence-corrected chi connectivity index (χ4v) is 1.58. The van der Waals surface area contributed by atoms with Crippen molar-refractivity contribution in [2.45, 2.75) is 31.8 Å². The molecule has 1 saturated heterocycles. The first-order valence-corrected chi connectivity index (χ1v) is 5.00. The van der Waals surface area contributed by atoms with Crippen LogP contribution in [-0.2, 0) is 14.3 Å². The molecular formula is C10H16O3. The van der Waals surface area contributed by atoms with Crippen LogP contribution < -0.4 is 0 Å². The highest BCUT2D eigenvalue weighted by molar-refractivity contribution is 5.63. The molecule has 2 aliphatic rings. The molecule has 2 rings (SSSR count). The van der Waals surface area contributed by atoms with Gasteiger partial charge in [-0.3, -0.25) is 0 Å². The van der Waals surface area contributed by atoms with E-state index in [1.165, 1.54) is 0 Å². The summed E-state index contributed by atoms with van der Waals surface area (Å²) in [5, 5.41) is 0. The molecule has 0 aromatic carbocycles. The standard InChI is InChI=1S/C10H16O3/c11-7-10(3-4-10)8-13-9-2-1-5-12-6-9/h7,9H,1-6,8H2. The third-order valence-electron chi connectivity index (χ3n) is 2.87. The van der Waals surface area contributed by atoms with E-state index in [0.29, 0.717) is 13.2 Å². The van der Waals surface area contributed by atoms with Crippen molar-refractivity contribution in [3.63, 3.8) is 0 Å². The number of aldehydes is 1. The third-order valence-corrected chi connectivity index (χ3v) is 2.87. The molecule has 1 unspecified atom stereocenters. The summed E-state index contributed by atoms with van der Waals surface area (Å²) >= 11 is 0. The third kappa shape index (κ3) is 2.29. The van der Waals surface area contributed by atoms with Crippen LogP contribution >= 0.6 is 0 Å². The second-order valence-electron chi connectivity index (χ2n) is 4.13. The van der Waals surface area contributed by atoms with E-state index >= 15 is 0 Å². The molecule has 0 N–H and O–H groups in total. The minimum Gasteiger partial charge on any atom is -0.379 e. The molecule has 1 heterocycles. The molecular weight excluding hydrogens is 168 g/mol. The van der Waals surface area contributed by atoms with E-state index in [1.807, 2.05) is 0 Å². The van der Waals surface area contributed by atoms with Gasteiger partial charge in [-0.1, -0.05) is 0 Å². The Morgan fingerprint density at radius 3 is 2.92 bits per heavy atom. The maximum absolute atomic E-state index is 10.7. The van der Waals surface area contributed by atoms with Gasteiger partial charge in [0, 0.05) is 12.0 Å². The Balaban J connectivity index is 1.69. The van der Waals surface area contributed by atoms with Crippen molar-refractivity contribution in [2.75, 3.05) is 19.8 Å². The van der Waals surface area contributed by atoms with Crippen LogP contribution in [0, 0.1) is 5.41 Å². The van der Waals surface area contributed by atoms with Gasteiger partial charge in [0.1, 0.15) is 6.29 Å². The van der Waals surface area contributed by atoms with Crippen molar-refractivity contribution >= 4 is 6.29 Å². The van der Waals surface area contributed by atoms with Gasteiger partial charge < -0.3 is 14.3 Å². The van der Waals surface area contributed by atoms with Gasteiger partial charge in [0.2, 0.25) is 0 Å². The maximum Gasteiger partial charge on any atom is 0.128 e. The molecule has 0 aromatic heterocycles. The van der Waals surface area contributed by atoms with E-state index < -0.39 is 0 Å². The second kappa shape index (κ2) is 3.76. The largest absolute Gasteiger partial charge is 0.379 e. The molecule has 2 fully saturated rings. The molecule has 1 atom stereocenters. The van der Waals surface area contributed by atoms with Crippen molar-refractivity contribution in [2.24, 2.45) is 5.41 Å². The van der Waals surface area contributed by atoms with Crippen molar-refractivity contribution in [1.29, 1.82) is 0 Å². The highest BCUT2D eigenvalue weighted by atomic mass is 16.5. The molecule has 74 valence electrons. The Labute approximate surface area is 78.4 Å². The summed E-state index contributed by atoms with van der Waals surface area (Å²) in [4.78, 5) is 10.7. The predicted molar refractivity (Wildman–Crippen MR) is 47.5 cm³/mol. The summed E-state index contributed by atoms with van der Waals surface area (Å²) in [7, 11) is 0. The lowest BCUT2D eigenvalue weighted by molar-refractivity contribution is -0.117. The van der Waals surface area contributed by atoms with Crippen molar-refractivity contribution < 1.29 is 14.3 Å². The Kier molecular flexibility index (Phi) is 2.65. The summed E-state index contributed by atoms with van der Waals surface area (Å²) in [6.07, 6.45) is 5.45. The summed E-state index contributed by atoms with van der Waals surface area (Å²) in [5.74, 6) is 0. The zero-order valence-electron chi connectivity index (χ0n) is 7.83. The zero-order valence-corrected chi connectivity index (χ0v) is 7.83. The van der Waals surface area contributed by atoms with Crippen LogP contribution in [0.15, 0.2) is 0 Å². The molecule has 0 spiro atoms. The quantitative estimate of drug-likeness (QED) is 0.615. The Bertz CT molecular complexity index is 181. The lowest BCUT2D eigenvalue weighted by Crippen LogP contribution is -2.28. The number of carbonyl (C=O) groups is 1. The van der Waals surface area contributed by atoms with Crippen molar-refractivity contribution in [3.8, 4) is 0 Å². The molecule has 0 aromatic rings. The first-order chi connectivity index (χ1) is 6.35. The zero-order chi connectivity index (χ0) is 9.15. The molecule has 1 aliphatic heterocycles. The van der Waals surface area contributed by atoms with Crippen LogP contribution in [0.4, 0.5) is 0 Å². The lowest BCUT2D eigenvalue weighted by atomic mass is 10.1. The Morgan fingerprint density at radius 2 is 2.38 bits per heavy atom. The minimum absolute atomic E-state index is 0.114. The van der Waals surface area contributed by atoms with E-state index in [1.54, 1.807) is 0 Å². The number of hydrogen-bond acceptors (Lipinski definition) is 3. The van der Waals surface area contributed by atoms with Crippen LogP contribution in [-0.4, -0.2) is 32.2 Å². The van der Waals surface area contributed by atoms with Gasteiger partial charge >= 0.3 is 0 Å². The SMILES string of the molecule is O=CC1(COC2CCCOC2)CC1. The summed E-state index contributed by atoms with van der Waals surface area (Å²) < 4.78 is 10.9. The fraction of sp³-hybridized carbons (Fsp3) is 0.900. The molecule has 3 nitrogen and oxygen atoms in total. The van der Waals surface area contributed by atoms with Gasteiger partial charge in [-0.15, -0.1) is 0 Å². The molecule has 1 saturated carbocycles. The van der Waals surface area contributed by atoms with Crippen LogP contribution in [0.25, 0.3) is 0 Å². The van der Waals surface area contributed by atoms with E-state index in [4.69, 9.17) is 9.47 Å². The van der Waals surface area contributed by atoms with Gasteiger partial charge in [0.25, 0.3) is 0 Å². The van der Waals surface area contributed by atoms with Gasteiger partial charge in [-0.2, -0.15) is 0 Å². The first kappa shape index (κ1) is 9.16. The molecule has 0 bridgehead atoms. The molecule has 13 heavy (non-hydrogen) atoms. The molecule has 1 aliphatic carbocycles. The second-order valence-corrected chi connectivity index (χ2v) is 4.13. The summed E-state index contributed by atoms with van der Waals surface area (Å²) in [6, 6.07) is 0. The van der Waals surface area contributed by atoms with Crippen molar-refractivity contribution in [3.05, 3.63) is 0 Å². The van der Waals surface area contributed by atoms with E-state index in [-0.39, 0.29) is 11.5 Å². The smallest absolute Gasteiger partial charge is 0.128 e. The van der Waals surface area contributed by atoms with Gasteiger partial charge in [-0.05, 0) is 25.7 Å². The molecule has 0 amide bonds. The normalized spacial score (nSPS) is 31.2. The van der Waals surface area contributed by atoms with Gasteiger partial charge in [0.05, 0.1) is 19.3 Å². The van der Waals surface area contributed by atoms with Crippen LogP contribution in [0.2, 0.25) is 0 Å². The molecule has 0 radical (unpaired) electrons. The summed E-state index contributed by atoms with van der Waals surface area (Å²) in [6.45, 7) is 2.16. The topological polar surface area (TPSA) is 35.5 Å². The number of carbonyl (C=O) groups excluding carboxylic acids is 1. The number of rotatable bonds is 4. The van der Waals surface area contributed by atoms with Crippen molar-refractivity contribution in [1.82, 2.24) is 0 Å². The molecule has 3 heteroatoms. The lowest BCUT2D eigenvalue weighted by Gasteiger charge is -2.23. The minimum atomic E-state index is -0.114. The average Bonchev–Trinajstić information content (AvgIpc) is 2.97. The van der Waals surface area contributed by atoms with E-state index in [9.17, 15) is 4.79 Å². The van der Waals surface area contributed by atoms with Gasteiger partial charge in [-0.25, -0.2) is 0 Å². The van der Waals surface area contributed by atoms with E-state index in [2.05, 4.69) is 0 Å². The predicted octanol–water partition coefficient (Wildman–Crippen LogP) is 1.16. The Hall–Kier alpha value is -0.410. The van der Waals surface area contributed by atoms with E-state index in [0.717, 1.165) is 38.6 Å². The fourth-order valence-electron chi connectivity index (χ4n) is 1.58.